The minimum absolute atomic E-state index is 0. The van der Waals surface area contributed by atoms with E-state index in [1.54, 1.807) is 11.6 Å². The number of aryl methyl sites for hydroxylation is 1. The molecule has 0 bridgehead atoms. The molecule has 0 saturated carbocycles. The van der Waals surface area contributed by atoms with Gasteiger partial charge in [0.2, 0.25) is 0 Å². The maximum absolute atomic E-state index is 11.1. The number of benzene rings is 1. The van der Waals surface area contributed by atoms with Crippen LogP contribution in [0.25, 0.3) is 10.2 Å². The van der Waals surface area contributed by atoms with Gasteiger partial charge in [-0.25, -0.2) is 0 Å². The van der Waals surface area contributed by atoms with Crippen molar-refractivity contribution in [1.82, 2.24) is 4.57 Å². The topological polar surface area (TPSA) is 106 Å². The van der Waals surface area contributed by atoms with Crippen molar-refractivity contribution in [2.45, 2.75) is 0 Å². The lowest BCUT2D eigenvalue weighted by atomic mass is 10.3. The molecule has 0 saturated heterocycles. The van der Waals surface area contributed by atoms with E-state index in [9.17, 15) is 4.79 Å². The zero-order valence-electron chi connectivity index (χ0n) is 8.14. The summed E-state index contributed by atoms with van der Waals surface area (Å²) in [6.07, 6.45) is 0. The number of aromatic nitrogens is 1. The number of halogens is 1. The Kier molecular flexibility index (Phi) is 8.12. The molecule has 7 heteroatoms. The van der Waals surface area contributed by atoms with E-state index in [0.29, 0.717) is 0 Å². The second-order valence-electron chi connectivity index (χ2n) is 2.39. The average molecular weight is 252 g/mol. The first-order valence-electron chi connectivity index (χ1n) is 3.67. The fraction of sp³-hybridized carbons (Fsp3) is 0.125. The number of hydrogen-bond acceptors (Lipinski definition) is 4. The van der Waals surface area contributed by atoms with Crippen LogP contribution < -0.4 is 16.6 Å². The zero-order chi connectivity index (χ0) is 9.84. The van der Waals surface area contributed by atoms with Gasteiger partial charge in [0.05, 0.1) is 10.2 Å². The smallest absolute Gasteiger partial charge is 0.307 e. The zero-order valence-corrected chi connectivity index (χ0v) is 9.77. The largest absolute Gasteiger partial charge is 0.412 e. The van der Waals surface area contributed by atoms with Gasteiger partial charge in [-0.1, -0.05) is 23.5 Å². The lowest BCUT2D eigenvalue weighted by molar-refractivity contribution is 0.824. The van der Waals surface area contributed by atoms with Gasteiger partial charge in [-0.15, -0.1) is 12.4 Å². The van der Waals surface area contributed by atoms with Crippen LogP contribution in [0.15, 0.2) is 29.1 Å². The van der Waals surface area contributed by atoms with Gasteiger partial charge in [0.1, 0.15) is 0 Å². The standard InChI is InChI=1S/C8H7NOS.ClH.H4N2.H2O/c1-9-6-4-2-3-5-7(6)11-8(9)10;;1-2;/h2-5H,1H3;1H;1-2H2;1H2. The number of thiazole rings is 1. The first kappa shape index (κ1) is 16.5. The lowest BCUT2D eigenvalue weighted by Gasteiger charge is -1.89. The monoisotopic (exact) mass is 251 g/mol. The molecule has 0 atom stereocenters. The maximum atomic E-state index is 11.1. The molecule has 86 valence electrons. The number of para-hydroxylation sites is 1. The summed E-state index contributed by atoms with van der Waals surface area (Å²) in [7, 11) is 1.79. The number of fused-ring (bicyclic) bond motifs is 1. The highest BCUT2D eigenvalue weighted by Crippen LogP contribution is 2.14. The molecule has 1 aromatic heterocycles. The summed E-state index contributed by atoms with van der Waals surface area (Å²) in [5.41, 5.74) is 1.02. The first-order valence-corrected chi connectivity index (χ1v) is 4.48. The van der Waals surface area contributed by atoms with Crippen LogP contribution in [0.3, 0.4) is 0 Å². The molecular formula is C8H14ClN3O2S. The van der Waals surface area contributed by atoms with Gasteiger partial charge in [-0.3, -0.25) is 16.5 Å². The molecule has 0 unspecified atom stereocenters. The van der Waals surface area contributed by atoms with E-state index >= 15 is 0 Å². The molecule has 15 heavy (non-hydrogen) atoms. The van der Waals surface area contributed by atoms with E-state index in [1.807, 2.05) is 24.3 Å². The van der Waals surface area contributed by atoms with E-state index in [2.05, 4.69) is 11.7 Å². The molecule has 2 rings (SSSR count). The summed E-state index contributed by atoms with van der Waals surface area (Å²) in [4.78, 5) is 11.2. The second kappa shape index (κ2) is 7.38. The number of hydrogen-bond donors (Lipinski definition) is 2. The fourth-order valence-electron chi connectivity index (χ4n) is 1.08. The van der Waals surface area contributed by atoms with Crippen molar-refractivity contribution in [2.75, 3.05) is 0 Å². The summed E-state index contributed by atoms with van der Waals surface area (Å²) in [5.74, 6) is 8.00. The molecular weight excluding hydrogens is 238 g/mol. The quantitative estimate of drug-likeness (QED) is 0.509. The highest BCUT2D eigenvalue weighted by molar-refractivity contribution is 7.16. The SMILES string of the molecule is Cl.Cn1c(=O)sc2ccccc21.NN.O. The van der Waals surface area contributed by atoms with Crippen molar-refractivity contribution in [3.63, 3.8) is 0 Å². The summed E-state index contributed by atoms with van der Waals surface area (Å²) in [5, 5.41) is 0. The van der Waals surface area contributed by atoms with Crippen LogP contribution in [0.1, 0.15) is 0 Å². The van der Waals surface area contributed by atoms with Gasteiger partial charge in [-0.2, -0.15) is 0 Å². The molecule has 2 aromatic rings. The number of rotatable bonds is 0. The number of nitrogens with two attached hydrogens (primary N) is 2. The molecule has 0 aliphatic rings. The predicted octanol–water partition coefficient (Wildman–Crippen LogP) is 0.0159. The molecule has 0 radical (unpaired) electrons. The molecule has 1 heterocycles. The minimum atomic E-state index is 0. The van der Waals surface area contributed by atoms with Crippen LogP contribution in [-0.4, -0.2) is 10.0 Å². The summed E-state index contributed by atoms with van der Waals surface area (Å²) in [6, 6.07) is 7.79. The van der Waals surface area contributed by atoms with Crippen LogP contribution in [0.5, 0.6) is 0 Å². The van der Waals surface area contributed by atoms with E-state index < -0.39 is 0 Å². The van der Waals surface area contributed by atoms with E-state index in [0.717, 1.165) is 10.2 Å². The Morgan fingerprint density at radius 1 is 1.27 bits per heavy atom. The molecule has 6 N–H and O–H groups in total. The Balaban J connectivity index is 0. The van der Waals surface area contributed by atoms with E-state index in [-0.39, 0.29) is 22.8 Å². The first-order chi connectivity index (χ1) is 6.29. The molecule has 0 spiro atoms. The normalized spacial score (nSPS) is 8.20. The van der Waals surface area contributed by atoms with Crippen molar-refractivity contribution in [3.05, 3.63) is 33.9 Å². The minimum Gasteiger partial charge on any atom is -0.412 e. The van der Waals surface area contributed by atoms with E-state index in [1.165, 1.54) is 11.3 Å². The van der Waals surface area contributed by atoms with Crippen LogP contribution in [0.4, 0.5) is 0 Å². The molecule has 0 amide bonds. The van der Waals surface area contributed by atoms with Crippen molar-refractivity contribution < 1.29 is 5.48 Å². The third-order valence-electron chi connectivity index (χ3n) is 1.70. The molecule has 5 nitrogen and oxygen atoms in total. The molecule has 1 aromatic carbocycles. The fourth-order valence-corrected chi connectivity index (χ4v) is 1.96. The van der Waals surface area contributed by atoms with Crippen molar-refractivity contribution in [3.8, 4) is 0 Å². The molecule has 0 aliphatic carbocycles. The van der Waals surface area contributed by atoms with Gasteiger partial charge >= 0.3 is 4.87 Å². The van der Waals surface area contributed by atoms with Gasteiger partial charge in [0, 0.05) is 7.05 Å². The van der Waals surface area contributed by atoms with Gasteiger partial charge in [0.25, 0.3) is 0 Å². The number of hydrazine groups is 1. The lowest BCUT2D eigenvalue weighted by Crippen LogP contribution is -2.06. The second-order valence-corrected chi connectivity index (χ2v) is 3.39. The van der Waals surface area contributed by atoms with Crippen molar-refractivity contribution in [2.24, 2.45) is 18.7 Å². The third kappa shape index (κ3) is 3.29. The Hall–Kier alpha value is -0.920. The average Bonchev–Trinajstić information content (AvgIpc) is 2.47. The maximum Gasteiger partial charge on any atom is 0.307 e. The molecule has 0 fully saturated rings. The highest BCUT2D eigenvalue weighted by Gasteiger charge is 2.00. The van der Waals surface area contributed by atoms with Crippen LogP contribution in [0.2, 0.25) is 0 Å². The summed E-state index contributed by atoms with van der Waals surface area (Å²) >= 11 is 1.29. The van der Waals surface area contributed by atoms with Crippen molar-refractivity contribution in [1.29, 1.82) is 0 Å². The van der Waals surface area contributed by atoms with E-state index in [4.69, 9.17) is 0 Å². The Morgan fingerprint density at radius 2 is 1.80 bits per heavy atom. The third-order valence-corrected chi connectivity index (χ3v) is 2.71. The molecule has 0 aliphatic heterocycles. The number of nitrogens with zero attached hydrogens (tertiary/aromatic N) is 1. The predicted molar refractivity (Wildman–Crippen MR) is 66.3 cm³/mol. The highest BCUT2D eigenvalue weighted by atomic mass is 35.5. The van der Waals surface area contributed by atoms with Crippen LogP contribution in [0, 0.1) is 0 Å². The van der Waals surface area contributed by atoms with Crippen LogP contribution >= 0.6 is 23.7 Å². The summed E-state index contributed by atoms with van der Waals surface area (Å²) in [6.45, 7) is 0. The van der Waals surface area contributed by atoms with Gasteiger partial charge < -0.3 is 10.0 Å². The van der Waals surface area contributed by atoms with Crippen LogP contribution in [-0.2, 0) is 7.05 Å². The Bertz CT molecular complexity index is 454. The van der Waals surface area contributed by atoms with Crippen molar-refractivity contribution >= 4 is 34.0 Å². The Morgan fingerprint density at radius 3 is 2.33 bits per heavy atom. The van der Waals surface area contributed by atoms with Gasteiger partial charge in [0.15, 0.2) is 0 Å². The van der Waals surface area contributed by atoms with Gasteiger partial charge in [-0.05, 0) is 12.1 Å². The summed E-state index contributed by atoms with van der Waals surface area (Å²) < 4.78 is 2.72. The Labute approximate surface area is 97.0 Å².